The van der Waals surface area contributed by atoms with Crippen molar-refractivity contribution in [2.75, 3.05) is 26.3 Å². The van der Waals surface area contributed by atoms with Crippen LogP contribution in [-0.2, 0) is 14.8 Å². The summed E-state index contributed by atoms with van der Waals surface area (Å²) in [5.74, 6) is 0. The first-order valence-corrected chi connectivity index (χ1v) is 15.0. The Labute approximate surface area is 238 Å². The van der Waals surface area contributed by atoms with E-state index in [0.717, 1.165) is 22.0 Å². The third-order valence-corrected chi connectivity index (χ3v) is 9.39. The van der Waals surface area contributed by atoms with Gasteiger partial charge < -0.3 is 9.72 Å². The number of H-pyrrole nitrogens is 1. The van der Waals surface area contributed by atoms with Gasteiger partial charge in [-0.3, -0.25) is 10.1 Å². The highest BCUT2D eigenvalue weighted by Crippen LogP contribution is 2.25. The van der Waals surface area contributed by atoms with Crippen LogP contribution < -0.4 is 4.80 Å². The van der Waals surface area contributed by atoms with E-state index in [4.69, 9.17) is 14.8 Å². The number of sulfonamides is 1. The van der Waals surface area contributed by atoms with E-state index in [-0.39, 0.29) is 10.6 Å². The molecule has 0 spiro atoms. The molecule has 0 aliphatic carbocycles. The van der Waals surface area contributed by atoms with Gasteiger partial charge in [-0.2, -0.15) is 9.41 Å². The molecule has 13 heteroatoms. The number of non-ortho nitro benzene ring substituents is 1. The van der Waals surface area contributed by atoms with Crippen LogP contribution in [0, 0.1) is 10.1 Å². The van der Waals surface area contributed by atoms with Crippen LogP contribution in [0.5, 0.6) is 0 Å². The fraction of sp³-hybridized carbons (Fsp3) is 0.143. The molecular formula is C28H24N6O5S2. The Morgan fingerprint density at radius 3 is 2.46 bits per heavy atom. The lowest BCUT2D eigenvalue weighted by atomic mass is 10.1. The van der Waals surface area contributed by atoms with Gasteiger partial charge in [-0.05, 0) is 42.5 Å². The Balaban J connectivity index is 1.39. The summed E-state index contributed by atoms with van der Waals surface area (Å²) in [6.45, 7) is 1.40. The number of aromatic amines is 1. The van der Waals surface area contributed by atoms with E-state index >= 15 is 0 Å². The molecule has 0 atom stereocenters. The zero-order chi connectivity index (χ0) is 28.4. The summed E-state index contributed by atoms with van der Waals surface area (Å²) in [4.78, 5) is 19.4. The number of nitro groups is 1. The number of benzene rings is 3. The zero-order valence-electron chi connectivity index (χ0n) is 21.6. The van der Waals surface area contributed by atoms with Gasteiger partial charge in [0.25, 0.3) is 5.69 Å². The molecular weight excluding hydrogens is 564 g/mol. The number of ether oxygens (including phenoxy) is 1. The van der Waals surface area contributed by atoms with Gasteiger partial charge in [0, 0.05) is 58.8 Å². The summed E-state index contributed by atoms with van der Waals surface area (Å²) in [7, 11) is -3.62. The first-order valence-electron chi connectivity index (χ1n) is 12.7. The molecule has 5 aromatic rings. The van der Waals surface area contributed by atoms with Crippen molar-refractivity contribution in [3.05, 3.63) is 105 Å². The molecule has 6 rings (SSSR count). The van der Waals surface area contributed by atoms with Gasteiger partial charge in [0.15, 0.2) is 0 Å². The van der Waals surface area contributed by atoms with Crippen LogP contribution in [-0.4, -0.2) is 59.8 Å². The van der Waals surface area contributed by atoms with Crippen molar-refractivity contribution in [2.24, 2.45) is 10.1 Å². The van der Waals surface area contributed by atoms with Crippen LogP contribution in [0.25, 0.3) is 22.2 Å². The monoisotopic (exact) mass is 588 g/mol. The van der Waals surface area contributed by atoms with Crippen molar-refractivity contribution in [3.8, 4) is 11.3 Å². The second-order valence-corrected chi connectivity index (χ2v) is 12.0. The fourth-order valence-corrected chi connectivity index (χ4v) is 6.77. The Hall–Kier alpha value is -4.43. The van der Waals surface area contributed by atoms with Crippen LogP contribution in [0.15, 0.2) is 99.4 Å². The van der Waals surface area contributed by atoms with E-state index in [2.05, 4.69) is 4.98 Å². The quantitative estimate of drug-likeness (QED) is 0.166. The van der Waals surface area contributed by atoms with Crippen LogP contribution in [0.2, 0.25) is 0 Å². The minimum absolute atomic E-state index is 0.00476. The van der Waals surface area contributed by atoms with Crippen molar-refractivity contribution in [1.82, 2.24) is 14.0 Å². The predicted molar refractivity (Wildman–Crippen MR) is 157 cm³/mol. The lowest BCUT2D eigenvalue weighted by Gasteiger charge is -2.26. The number of para-hydroxylation sites is 1. The van der Waals surface area contributed by atoms with Crippen LogP contribution >= 0.6 is 11.3 Å². The summed E-state index contributed by atoms with van der Waals surface area (Å²) in [5, 5.41) is 18.8. The number of fused-ring (bicyclic) bond motifs is 1. The lowest BCUT2D eigenvalue weighted by molar-refractivity contribution is -0.384. The van der Waals surface area contributed by atoms with Crippen molar-refractivity contribution in [1.29, 1.82) is 0 Å². The molecule has 1 fully saturated rings. The molecule has 0 unspecified atom stereocenters. The Morgan fingerprint density at radius 1 is 1.00 bits per heavy atom. The van der Waals surface area contributed by atoms with Crippen LogP contribution in [0.1, 0.15) is 5.56 Å². The maximum Gasteiger partial charge on any atom is 0.269 e. The van der Waals surface area contributed by atoms with E-state index < -0.39 is 14.9 Å². The summed E-state index contributed by atoms with van der Waals surface area (Å²) in [6.07, 6.45) is 3.61. The SMILES string of the molecule is O=[N+]([O-])c1ccc(-c2csc(=Nc3ccc(S(=O)(=O)N4CCOCC4)cc3)n2N=Cc2c[nH]c3ccccc23)cc1. The third kappa shape index (κ3) is 5.47. The number of thiazole rings is 1. The van der Waals surface area contributed by atoms with Crippen LogP contribution in [0.3, 0.4) is 0 Å². The van der Waals surface area contributed by atoms with E-state index in [0.29, 0.717) is 42.5 Å². The summed E-state index contributed by atoms with van der Waals surface area (Å²) >= 11 is 1.35. The van der Waals surface area contributed by atoms with Gasteiger partial charge in [0.2, 0.25) is 14.8 Å². The van der Waals surface area contributed by atoms with Gasteiger partial charge in [0.1, 0.15) is 0 Å². The minimum atomic E-state index is -3.62. The number of aromatic nitrogens is 2. The molecule has 2 aromatic heterocycles. The van der Waals surface area contributed by atoms with Crippen molar-refractivity contribution >= 4 is 49.9 Å². The number of nitro benzene ring substituents is 1. The van der Waals surface area contributed by atoms with E-state index in [9.17, 15) is 18.5 Å². The average Bonchev–Trinajstić information content (AvgIpc) is 3.60. The molecule has 3 aromatic carbocycles. The van der Waals surface area contributed by atoms with Gasteiger partial charge in [-0.1, -0.05) is 18.2 Å². The van der Waals surface area contributed by atoms with Crippen LogP contribution in [0.4, 0.5) is 11.4 Å². The standard InChI is InChI=1S/C28H24N6O5S2/c35-34(36)23-9-5-20(6-10-23)27-19-40-28(33(27)30-18-21-17-29-26-4-2-1-3-25(21)26)31-22-7-11-24(12-8-22)41(37,38)32-13-15-39-16-14-32/h1-12,17-19,29H,13-16H2. The smallest absolute Gasteiger partial charge is 0.269 e. The number of hydrogen-bond donors (Lipinski definition) is 1. The van der Waals surface area contributed by atoms with E-state index in [1.165, 1.54) is 27.8 Å². The number of morpholine rings is 1. The maximum atomic E-state index is 13.0. The fourth-order valence-electron chi connectivity index (χ4n) is 4.50. The van der Waals surface area contributed by atoms with Crippen molar-refractivity contribution in [3.63, 3.8) is 0 Å². The molecule has 41 heavy (non-hydrogen) atoms. The molecule has 11 nitrogen and oxygen atoms in total. The van der Waals surface area contributed by atoms with Gasteiger partial charge in [0.05, 0.1) is 40.6 Å². The molecule has 208 valence electrons. The topological polar surface area (TPSA) is 135 Å². The number of rotatable bonds is 7. The minimum Gasteiger partial charge on any atom is -0.379 e. The van der Waals surface area contributed by atoms with Crippen molar-refractivity contribution < 1.29 is 18.1 Å². The molecule has 0 bridgehead atoms. The number of nitrogens with one attached hydrogen (secondary N) is 1. The highest BCUT2D eigenvalue weighted by atomic mass is 32.2. The number of nitrogens with zero attached hydrogens (tertiary/aromatic N) is 5. The van der Waals surface area contributed by atoms with E-state index in [1.807, 2.05) is 35.8 Å². The van der Waals surface area contributed by atoms with Gasteiger partial charge in [-0.25, -0.2) is 18.1 Å². The largest absolute Gasteiger partial charge is 0.379 e. The second kappa shape index (κ2) is 11.2. The number of hydrogen-bond acceptors (Lipinski definition) is 8. The molecule has 0 radical (unpaired) electrons. The second-order valence-electron chi connectivity index (χ2n) is 9.18. The molecule has 0 amide bonds. The van der Waals surface area contributed by atoms with E-state index in [1.54, 1.807) is 47.3 Å². The predicted octanol–water partition coefficient (Wildman–Crippen LogP) is 4.74. The summed E-state index contributed by atoms with van der Waals surface area (Å²) < 4.78 is 34.4. The lowest BCUT2D eigenvalue weighted by Crippen LogP contribution is -2.40. The zero-order valence-corrected chi connectivity index (χ0v) is 23.2. The molecule has 0 saturated carbocycles. The average molecular weight is 589 g/mol. The van der Waals surface area contributed by atoms with Gasteiger partial charge >= 0.3 is 0 Å². The van der Waals surface area contributed by atoms with Crippen molar-refractivity contribution in [2.45, 2.75) is 4.90 Å². The Morgan fingerprint density at radius 2 is 1.73 bits per heavy atom. The first-order chi connectivity index (χ1) is 19.9. The Bertz CT molecular complexity index is 1920. The summed E-state index contributed by atoms with van der Waals surface area (Å²) in [6, 6.07) is 20.6. The molecule has 1 aliphatic heterocycles. The summed E-state index contributed by atoms with van der Waals surface area (Å²) in [5.41, 5.74) is 3.85. The molecule has 1 aliphatic rings. The maximum absolute atomic E-state index is 13.0. The molecule has 1 saturated heterocycles. The Kier molecular flexibility index (Phi) is 7.32. The normalized spacial score (nSPS) is 15.2. The molecule has 1 N–H and O–H groups in total. The first kappa shape index (κ1) is 26.8. The third-order valence-electron chi connectivity index (χ3n) is 6.66. The van der Waals surface area contributed by atoms with Gasteiger partial charge in [-0.15, -0.1) is 11.3 Å². The molecule has 3 heterocycles. The highest BCUT2D eigenvalue weighted by Gasteiger charge is 2.26. The highest BCUT2D eigenvalue weighted by molar-refractivity contribution is 7.89.